The molecule has 0 radical (unpaired) electrons. The monoisotopic (exact) mass is 267 g/mol. The Balaban J connectivity index is 1.81. The maximum absolute atomic E-state index is 12.3. The fourth-order valence-corrected chi connectivity index (χ4v) is 1.66. The van der Waals surface area contributed by atoms with Crippen molar-refractivity contribution in [3.63, 3.8) is 0 Å². The first-order valence-electron chi connectivity index (χ1n) is 5.85. The van der Waals surface area contributed by atoms with Gasteiger partial charge >= 0.3 is 6.55 Å². The highest BCUT2D eigenvalue weighted by molar-refractivity contribution is 5.27. The number of nitrogens with zero attached hydrogens (tertiary/aromatic N) is 2. The van der Waals surface area contributed by atoms with Crippen LogP contribution in [0.25, 0.3) is 0 Å². The van der Waals surface area contributed by atoms with E-state index in [2.05, 4.69) is 10.4 Å². The average Bonchev–Trinajstić information content (AvgIpc) is 2.89. The molecule has 2 aromatic rings. The van der Waals surface area contributed by atoms with Crippen molar-refractivity contribution in [2.45, 2.75) is 19.6 Å². The molecule has 0 atom stereocenters. The predicted octanol–water partition coefficient (Wildman–Crippen LogP) is 2.58. The first kappa shape index (κ1) is 13.5. The molecule has 1 N–H and O–H groups in total. The van der Waals surface area contributed by atoms with Gasteiger partial charge in [0.05, 0.1) is 12.8 Å². The Bertz CT molecular complexity index is 511. The van der Waals surface area contributed by atoms with E-state index in [1.54, 1.807) is 13.2 Å². The van der Waals surface area contributed by atoms with Gasteiger partial charge in [0.25, 0.3) is 0 Å². The van der Waals surface area contributed by atoms with Crippen LogP contribution in [0.3, 0.4) is 0 Å². The molecule has 0 aliphatic rings. The molecular formula is C13H15F2N3O. The molecule has 0 fully saturated rings. The number of hydrogen-bond donors (Lipinski definition) is 1. The second-order valence-electron chi connectivity index (χ2n) is 4.02. The van der Waals surface area contributed by atoms with Crippen LogP contribution in [-0.2, 0) is 13.1 Å². The van der Waals surface area contributed by atoms with Gasteiger partial charge < -0.3 is 10.1 Å². The lowest BCUT2D eigenvalue weighted by molar-refractivity contribution is 0.0561. The van der Waals surface area contributed by atoms with E-state index >= 15 is 0 Å². The van der Waals surface area contributed by atoms with Crippen LogP contribution >= 0.6 is 0 Å². The summed E-state index contributed by atoms with van der Waals surface area (Å²) in [4.78, 5) is 0. The zero-order valence-electron chi connectivity index (χ0n) is 10.5. The van der Waals surface area contributed by atoms with E-state index in [0.717, 1.165) is 11.3 Å². The molecule has 1 aromatic carbocycles. The number of alkyl halides is 2. The Kier molecular flexibility index (Phi) is 4.46. The summed E-state index contributed by atoms with van der Waals surface area (Å²) in [7, 11) is 1.62. The lowest BCUT2D eigenvalue weighted by Gasteiger charge is -2.04. The highest BCUT2D eigenvalue weighted by Gasteiger charge is 2.06. The second-order valence-corrected chi connectivity index (χ2v) is 4.02. The Morgan fingerprint density at radius 2 is 1.95 bits per heavy atom. The molecule has 0 spiro atoms. The van der Waals surface area contributed by atoms with Crippen molar-refractivity contribution >= 4 is 0 Å². The van der Waals surface area contributed by atoms with E-state index in [-0.39, 0.29) is 0 Å². The molecule has 4 nitrogen and oxygen atoms in total. The molecule has 6 heteroatoms. The molecule has 19 heavy (non-hydrogen) atoms. The van der Waals surface area contributed by atoms with Crippen molar-refractivity contribution < 1.29 is 13.5 Å². The topological polar surface area (TPSA) is 39.1 Å². The number of halogens is 2. The molecule has 0 saturated carbocycles. The van der Waals surface area contributed by atoms with Gasteiger partial charge in [0.15, 0.2) is 0 Å². The van der Waals surface area contributed by atoms with Gasteiger partial charge in [0.2, 0.25) is 0 Å². The van der Waals surface area contributed by atoms with Gasteiger partial charge in [0, 0.05) is 19.3 Å². The van der Waals surface area contributed by atoms with Crippen LogP contribution in [0.5, 0.6) is 5.75 Å². The first-order valence-corrected chi connectivity index (χ1v) is 5.85. The minimum absolute atomic E-state index is 0.450. The van der Waals surface area contributed by atoms with E-state index in [1.165, 1.54) is 6.20 Å². The standard InChI is InChI=1S/C13H15F2N3O/c1-19-12-4-2-10(3-5-12)8-16-9-11-6-7-18(17-11)13(14)15/h2-7,13,16H,8-9H2,1H3. The predicted molar refractivity (Wildman–Crippen MR) is 67.0 cm³/mol. The summed E-state index contributed by atoms with van der Waals surface area (Å²) in [6.07, 6.45) is 1.27. The van der Waals surface area contributed by atoms with E-state index < -0.39 is 6.55 Å². The highest BCUT2D eigenvalue weighted by atomic mass is 19.3. The number of methoxy groups -OCH3 is 1. The van der Waals surface area contributed by atoms with Crippen molar-refractivity contribution in [1.29, 1.82) is 0 Å². The van der Waals surface area contributed by atoms with Crippen LogP contribution in [0, 0.1) is 0 Å². The molecule has 1 aromatic heterocycles. The normalized spacial score (nSPS) is 10.9. The Hall–Kier alpha value is -1.95. The van der Waals surface area contributed by atoms with Crippen LogP contribution in [0.4, 0.5) is 8.78 Å². The molecule has 2 rings (SSSR count). The number of aromatic nitrogens is 2. The van der Waals surface area contributed by atoms with E-state index in [1.807, 2.05) is 24.3 Å². The number of hydrogen-bond acceptors (Lipinski definition) is 3. The number of nitrogens with one attached hydrogen (secondary N) is 1. The third-order valence-electron chi connectivity index (χ3n) is 2.66. The van der Waals surface area contributed by atoms with Crippen molar-refractivity contribution in [2.75, 3.05) is 7.11 Å². The quantitative estimate of drug-likeness (QED) is 0.874. The van der Waals surface area contributed by atoms with Crippen molar-refractivity contribution in [2.24, 2.45) is 0 Å². The fourth-order valence-electron chi connectivity index (χ4n) is 1.66. The van der Waals surface area contributed by atoms with Gasteiger partial charge in [-0.15, -0.1) is 0 Å². The molecular weight excluding hydrogens is 252 g/mol. The van der Waals surface area contributed by atoms with Crippen LogP contribution in [0.2, 0.25) is 0 Å². The maximum Gasteiger partial charge on any atom is 0.333 e. The lowest BCUT2D eigenvalue weighted by atomic mass is 10.2. The summed E-state index contributed by atoms with van der Waals surface area (Å²) in [5, 5.41) is 6.90. The van der Waals surface area contributed by atoms with Gasteiger partial charge in [-0.2, -0.15) is 13.9 Å². The van der Waals surface area contributed by atoms with E-state index in [4.69, 9.17) is 4.74 Å². The fraction of sp³-hybridized carbons (Fsp3) is 0.308. The van der Waals surface area contributed by atoms with Crippen molar-refractivity contribution in [1.82, 2.24) is 15.1 Å². The molecule has 0 aliphatic carbocycles. The van der Waals surface area contributed by atoms with Gasteiger partial charge in [-0.25, -0.2) is 4.68 Å². The summed E-state index contributed by atoms with van der Waals surface area (Å²) in [5.41, 5.74) is 1.68. The Morgan fingerprint density at radius 3 is 2.53 bits per heavy atom. The van der Waals surface area contributed by atoms with Gasteiger partial charge in [-0.1, -0.05) is 12.1 Å². The maximum atomic E-state index is 12.3. The van der Waals surface area contributed by atoms with Crippen molar-refractivity contribution in [3.05, 3.63) is 47.8 Å². The Morgan fingerprint density at radius 1 is 1.21 bits per heavy atom. The summed E-state index contributed by atoms with van der Waals surface area (Å²) in [6, 6.07) is 9.23. The zero-order chi connectivity index (χ0) is 13.7. The second kappa shape index (κ2) is 6.29. The number of ether oxygens (including phenoxy) is 1. The van der Waals surface area contributed by atoms with Gasteiger partial charge in [-0.05, 0) is 23.8 Å². The number of rotatable bonds is 6. The largest absolute Gasteiger partial charge is 0.497 e. The third-order valence-corrected chi connectivity index (χ3v) is 2.66. The van der Waals surface area contributed by atoms with Crippen LogP contribution < -0.4 is 10.1 Å². The van der Waals surface area contributed by atoms with Gasteiger partial charge in [0.1, 0.15) is 5.75 Å². The summed E-state index contributed by atoms with van der Waals surface area (Å²) in [6.45, 7) is -1.49. The van der Waals surface area contributed by atoms with Crippen LogP contribution in [0.15, 0.2) is 36.5 Å². The first-order chi connectivity index (χ1) is 9.19. The van der Waals surface area contributed by atoms with Gasteiger partial charge in [-0.3, -0.25) is 0 Å². The molecule has 0 bridgehead atoms. The Labute approximate surface area is 110 Å². The average molecular weight is 267 g/mol. The van der Waals surface area contributed by atoms with Crippen LogP contribution in [0.1, 0.15) is 17.8 Å². The molecule has 0 saturated heterocycles. The molecule has 0 amide bonds. The van der Waals surface area contributed by atoms with E-state index in [0.29, 0.717) is 23.5 Å². The smallest absolute Gasteiger partial charge is 0.333 e. The van der Waals surface area contributed by atoms with Crippen molar-refractivity contribution in [3.8, 4) is 5.75 Å². The third kappa shape index (κ3) is 3.75. The molecule has 0 aliphatic heterocycles. The lowest BCUT2D eigenvalue weighted by Crippen LogP contribution is -2.13. The summed E-state index contributed by atoms with van der Waals surface area (Å²) >= 11 is 0. The molecule has 1 heterocycles. The summed E-state index contributed by atoms with van der Waals surface area (Å²) in [5.74, 6) is 0.805. The van der Waals surface area contributed by atoms with Crippen LogP contribution in [-0.4, -0.2) is 16.9 Å². The minimum Gasteiger partial charge on any atom is -0.497 e. The SMILES string of the molecule is COc1ccc(CNCc2ccn(C(F)F)n2)cc1. The molecule has 0 unspecified atom stereocenters. The van der Waals surface area contributed by atoms with E-state index in [9.17, 15) is 8.78 Å². The molecule has 102 valence electrons. The highest BCUT2D eigenvalue weighted by Crippen LogP contribution is 2.11. The zero-order valence-corrected chi connectivity index (χ0v) is 10.5. The summed E-state index contributed by atoms with van der Waals surface area (Å²) < 4.78 is 30.3. The number of benzene rings is 1. The minimum atomic E-state index is -2.59.